The van der Waals surface area contributed by atoms with Crippen molar-refractivity contribution in [3.05, 3.63) is 29.3 Å². The Morgan fingerprint density at radius 2 is 2.05 bits per heavy atom. The molecule has 5 heteroatoms. The van der Waals surface area contributed by atoms with E-state index in [1.54, 1.807) is 0 Å². The molecule has 0 amide bonds. The molecule has 1 aromatic rings. The number of ether oxygens (including phenoxy) is 1. The van der Waals surface area contributed by atoms with Gasteiger partial charge in [-0.3, -0.25) is 0 Å². The van der Waals surface area contributed by atoms with Gasteiger partial charge in [0.25, 0.3) is 0 Å². The lowest BCUT2D eigenvalue weighted by Crippen LogP contribution is -2.19. The minimum Gasteiger partial charge on any atom is -0.465 e. The van der Waals surface area contributed by atoms with Crippen LogP contribution in [-0.2, 0) is 4.74 Å². The van der Waals surface area contributed by atoms with Gasteiger partial charge in [0.05, 0.1) is 18.4 Å². The molecule has 1 aromatic carbocycles. The van der Waals surface area contributed by atoms with Crippen molar-refractivity contribution >= 4 is 11.7 Å². The van der Waals surface area contributed by atoms with Crippen LogP contribution in [0.4, 0.5) is 14.5 Å². The lowest BCUT2D eigenvalue weighted by atomic mass is 9.92. The zero-order chi connectivity index (χ0) is 14.9. The van der Waals surface area contributed by atoms with Crippen LogP contribution in [-0.4, -0.2) is 19.1 Å². The number of nitrogens with one attached hydrogen (secondary N) is 1. The molecule has 20 heavy (non-hydrogen) atoms. The summed E-state index contributed by atoms with van der Waals surface area (Å²) in [4.78, 5) is 11.3. The lowest BCUT2D eigenvalue weighted by Gasteiger charge is -2.19. The second-order valence-electron chi connectivity index (χ2n) is 6.03. The molecule has 0 heterocycles. The number of halogens is 2. The molecule has 1 aliphatic carbocycles. The number of carbonyl (C=O) groups is 1. The highest BCUT2D eigenvalue weighted by atomic mass is 19.2. The van der Waals surface area contributed by atoms with E-state index in [4.69, 9.17) is 0 Å². The third-order valence-electron chi connectivity index (χ3n) is 3.82. The van der Waals surface area contributed by atoms with Crippen LogP contribution >= 0.6 is 0 Å². The van der Waals surface area contributed by atoms with Crippen LogP contribution in [0.25, 0.3) is 0 Å². The molecule has 1 unspecified atom stereocenters. The topological polar surface area (TPSA) is 38.3 Å². The van der Waals surface area contributed by atoms with E-state index in [1.165, 1.54) is 12.1 Å². The van der Waals surface area contributed by atoms with Crippen molar-refractivity contribution < 1.29 is 18.3 Å². The van der Waals surface area contributed by atoms with Crippen LogP contribution in [0.1, 0.15) is 43.5 Å². The van der Waals surface area contributed by atoms with Gasteiger partial charge in [0.1, 0.15) is 0 Å². The maximum absolute atomic E-state index is 14.0. The van der Waals surface area contributed by atoms with E-state index in [9.17, 15) is 13.6 Å². The van der Waals surface area contributed by atoms with Crippen molar-refractivity contribution in [2.75, 3.05) is 12.4 Å². The molecule has 2 rings (SSSR count). The Hall–Kier alpha value is -1.65. The first-order chi connectivity index (χ1) is 9.34. The van der Waals surface area contributed by atoms with Crippen molar-refractivity contribution in [2.45, 2.75) is 39.2 Å². The number of hydrogen-bond donors (Lipinski definition) is 1. The fourth-order valence-electron chi connectivity index (χ4n) is 2.71. The summed E-state index contributed by atoms with van der Waals surface area (Å²) in [5.74, 6) is -3.08. The van der Waals surface area contributed by atoms with Gasteiger partial charge in [-0.25, -0.2) is 13.6 Å². The first-order valence-corrected chi connectivity index (χ1v) is 6.67. The molecule has 0 aliphatic heterocycles. The van der Waals surface area contributed by atoms with E-state index in [2.05, 4.69) is 23.9 Å². The Bertz CT molecular complexity index is 529. The fourth-order valence-corrected chi connectivity index (χ4v) is 2.71. The maximum Gasteiger partial charge on any atom is 0.340 e. The van der Waals surface area contributed by atoms with E-state index in [1.807, 2.05) is 0 Å². The summed E-state index contributed by atoms with van der Waals surface area (Å²) >= 11 is 0. The summed E-state index contributed by atoms with van der Waals surface area (Å²) in [5.41, 5.74) is -0.0706. The van der Waals surface area contributed by atoms with Crippen molar-refractivity contribution in [3.63, 3.8) is 0 Å². The minimum atomic E-state index is -1.17. The zero-order valence-corrected chi connectivity index (χ0v) is 11.9. The second-order valence-corrected chi connectivity index (χ2v) is 6.03. The largest absolute Gasteiger partial charge is 0.465 e. The van der Waals surface area contributed by atoms with Gasteiger partial charge in [-0.15, -0.1) is 0 Å². The zero-order valence-electron chi connectivity index (χ0n) is 11.9. The van der Waals surface area contributed by atoms with Gasteiger partial charge in [0.15, 0.2) is 11.6 Å². The minimum absolute atomic E-state index is 0.0952. The molecule has 0 spiro atoms. The van der Waals surface area contributed by atoms with Gasteiger partial charge in [-0.05, 0) is 36.8 Å². The van der Waals surface area contributed by atoms with Gasteiger partial charge in [0, 0.05) is 6.04 Å². The molecule has 1 saturated carbocycles. The van der Waals surface area contributed by atoms with E-state index >= 15 is 0 Å². The molecule has 3 nitrogen and oxygen atoms in total. The molecule has 1 atom stereocenters. The first kappa shape index (κ1) is 14.8. The smallest absolute Gasteiger partial charge is 0.340 e. The van der Waals surface area contributed by atoms with Gasteiger partial charge >= 0.3 is 5.97 Å². The predicted molar refractivity (Wildman–Crippen MR) is 72.7 cm³/mol. The van der Waals surface area contributed by atoms with Crippen molar-refractivity contribution in [1.29, 1.82) is 0 Å². The molecule has 1 fully saturated rings. The highest BCUT2D eigenvalue weighted by Crippen LogP contribution is 2.38. The predicted octanol–water partition coefficient (Wildman–Crippen LogP) is 3.74. The van der Waals surface area contributed by atoms with Crippen molar-refractivity contribution in [2.24, 2.45) is 5.41 Å². The molecule has 0 radical (unpaired) electrons. The van der Waals surface area contributed by atoms with E-state index in [0.717, 1.165) is 26.4 Å². The lowest BCUT2D eigenvalue weighted by molar-refractivity contribution is 0.0594. The summed E-state index contributed by atoms with van der Waals surface area (Å²) in [6.07, 6.45) is 2.88. The summed E-state index contributed by atoms with van der Waals surface area (Å²) in [6, 6.07) is 2.76. The average Bonchev–Trinajstić information content (AvgIpc) is 2.74. The third kappa shape index (κ3) is 2.92. The monoisotopic (exact) mass is 283 g/mol. The van der Waals surface area contributed by atoms with Gasteiger partial charge in [-0.1, -0.05) is 13.8 Å². The second kappa shape index (κ2) is 5.38. The summed E-state index contributed by atoms with van der Waals surface area (Å²) in [5, 5.41) is 3.02. The first-order valence-electron chi connectivity index (χ1n) is 6.67. The molecule has 0 bridgehead atoms. The number of carbonyl (C=O) groups excluding carboxylic acids is 1. The maximum atomic E-state index is 14.0. The van der Waals surface area contributed by atoms with Crippen LogP contribution in [0.3, 0.4) is 0 Å². The van der Waals surface area contributed by atoms with Crippen LogP contribution in [0.2, 0.25) is 0 Å². The van der Waals surface area contributed by atoms with Crippen molar-refractivity contribution in [1.82, 2.24) is 0 Å². The fraction of sp³-hybridized carbons (Fsp3) is 0.533. The Morgan fingerprint density at radius 1 is 1.35 bits per heavy atom. The highest BCUT2D eigenvalue weighted by Gasteiger charge is 2.31. The summed E-state index contributed by atoms with van der Waals surface area (Å²) < 4.78 is 32.2. The third-order valence-corrected chi connectivity index (χ3v) is 3.82. The Morgan fingerprint density at radius 3 is 2.60 bits per heavy atom. The number of methoxy groups -OCH3 is 1. The quantitative estimate of drug-likeness (QED) is 0.859. The standard InChI is InChI=1S/C15H19F2NO2/c1-15(2)7-6-9(8-15)18-11-5-4-10(14(19)20-3)12(16)13(11)17/h4-5,9,18H,6-8H2,1-3H3. The average molecular weight is 283 g/mol. The number of benzene rings is 1. The Kier molecular flexibility index (Phi) is 3.97. The van der Waals surface area contributed by atoms with Crippen LogP contribution in [0.5, 0.6) is 0 Å². The Balaban J connectivity index is 2.18. The molecular weight excluding hydrogens is 264 g/mol. The van der Waals surface area contributed by atoms with Gasteiger partial charge in [-0.2, -0.15) is 0 Å². The van der Waals surface area contributed by atoms with E-state index < -0.39 is 17.6 Å². The van der Waals surface area contributed by atoms with Crippen LogP contribution < -0.4 is 5.32 Å². The van der Waals surface area contributed by atoms with Crippen LogP contribution in [0, 0.1) is 17.0 Å². The van der Waals surface area contributed by atoms with E-state index in [0.29, 0.717) is 0 Å². The summed E-state index contributed by atoms with van der Waals surface area (Å²) in [6.45, 7) is 4.32. The Labute approximate surface area is 117 Å². The molecule has 1 N–H and O–H groups in total. The highest BCUT2D eigenvalue weighted by molar-refractivity contribution is 5.90. The van der Waals surface area contributed by atoms with Gasteiger partial charge in [0.2, 0.25) is 0 Å². The molecule has 1 aliphatic rings. The normalized spacial score (nSPS) is 20.8. The van der Waals surface area contributed by atoms with Crippen LogP contribution in [0.15, 0.2) is 12.1 Å². The molecule has 110 valence electrons. The number of anilines is 1. The number of rotatable bonds is 3. The molecule has 0 saturated heterocycles. The molecule has 0 aromatic heterocycles. The van der Waals surface area contributed by atoms with Crippen molar-refractivity contribution in [3.8, 4) is 0 Å². The summed E-state index contributed by atoms with van der Waals surface area (Å²) in [7, 11) is 1.13. The molecular formula is C15H19F2NO2. The van der Waals surface area contributed by atoms with Gasteiger partial charge < -0.3 is 10.1 Å². The van der Waals surface area contributed by atoms with E-state index in [-0.39, 0.29) is 22.7 Å². The number of hydrogen-bond acceptors (Lipinski definition) is 3. The SMILES string of the molecule is COC(=O)c1ccc(NC2CCC(C)(C)C2)c(F)c1F. The number of esters is 1.